The summed E-state index contributed by atoms with van der Waals surface area (Å²) < 4.78 is 0.0365. The topological polar surface area (TPSA) is 46.1 Å². The third kappa shape index (κ3) is 4.10. The van der Waals surface area contributed by atoms with Crippen molar-refractivity contribution in [2.75, 3.05) is 50.8 Å². The van der Waals surface area contributed by atoms with Gasteiger partial charge in [-0.1, -0.05) is 0 Å². The van der Waals surface area contributed by atoms with Crippen LogP contribution in [0.25, 0.3) is 0 Å². The Bertz CT molecular complexity index is 215. The average molecular weight is 260 g/mol. The average Bonchev–Trinajstić information content (AvgIpc) is 2.89. The van der Waals surface area contributed by atoms with Crippen LogP contribution in [0, 0.1) is 10.4 Å². The molecule has 17 heavy (non-hydrogen) atoms. The van der Waals surface area contributed by atoms with E-state index in [4.69, 9.17) is 0 Å². The standard InChI is InChI=1S/C12H24N2O2S/c15-13(5-1-2-6-13)9-11-17-12-10-14(16)7-3-4-8-14/h1-12H2. The Hall–Kier alpha value is 0.190. The van der Waals surface area contributed by atoms with Gasteiger partial charge in [0.05, 0.1) is 39.3 Å². The Labute approximate surface area is 108 Å². The van der Waals surface area contributed by atoms with Gasteiger partial charge >= 0.3 is 0 Å². The lowest BCUT2D eigenvalue weighted by molar-refractivity contribution is -0.866. The Morgan fingerprint density at radius 3 is 1.41 bits per heavy atom. The second kappa shape index (κ2) is 5.89. The van der Waals surface area contributed by atoms with Gasteiger partial charge in [0.1, 0.15) is 0 Å². The summed E-state index contributed by atoms with van der Waals surface area (Å²) in [7, 11) is 0. The summed E-state index contributed by atoms with van der Waals surface area (Å²) in [5.41, 5.74) is 0. The number of quaternary nitrogens is 2. The number of rotatable bonds is 6. The summed E-state index contributed by atoms with van der Waals surface area (Å²) in [6, 6.07) is 0. The maximum absolute atomic E-state index is 12.0. The lowest BCUT2D eigenvalue weighted by Gasteiger charge is -2.39. The molecule has 0 unspecified atom stereocenters. The molecule has 0 saturated carbocycles. The van der Waals surface area contributed by atoms with Gasteiger partial charge in [-0.25, -0.2) is 0 Å². The van der Waals surface area contributed by atoms with Crippen molar-refractivity contribution in [3.05, 3.63) is 10.4 Å². The fourth-order valence-corrected chi connectivity index (χ4v) is 3.96. The third-order valence-electron chi connectivity index (χ3n) is 4.05. The van der Waals surface area contributed by atoms with Crippen LogP contribution in [0.15, 0.2) is 0 Å². The highest BCUT2D eigenvalue weighted by atomic mass is 32.2. The number of likely N-dealkylation sites (tertiary alicyclic amines) is 2. The largest absolute Gasteiger partial charge is 0.633 e. The first-order valence-corrected chi connectivity index (χ1v) is 7.99. The van der Waals surface area contributed by atoms with Gasteiger partial charge in [0, 0.05) is 37.2 Å². The molecule has 100 valence electrons. The molecule has 0 amide bonds. The van der Waals surface area contributed by atoms with Gasteiger partial charge in [0.2, 0.25) is 0 Å². The second-order valence-electron chi connectivity index (χ2n) is 5.48. The molecule has 2 rings (SSSR count). The van der Waals surface area contributed by atoms with Gasteiger partial charge in [-0.05, 0) is 0 Å². The molecule has 5 heteroatoms. The van der Waals surface area contributed by atoms with Crippen LogP contribution in [0.3, 0.4) is 0 Å². The summed E-state index contributed by atoms with van der Waals surface area (Å²) >= 11 is 1.79. The molecule has 4 nitrogen and oxygen atoms in total. The van der Waals surface area contributed by atoms with E-state index in [-0.39, 0.29) is 9.29 Å². The number of hydroxylamine groups is 6. The van der Waals surface area contributed by atoms with Crippen molar-refractivity contribution in [1.82, 2.24) is 0 Å². The second-order valence-corrected chi connectivity index (χ2v) is 6.71. The van der Waals surface area contributed by atoms with E-state index in [1.54, 1.807) is 11.8 Å². The maximum Gasteiger partial charge on any atom is 0.0875 e. The highest BCUT2D eigenvalue weighted by molar-refractivity contribution is 7.99. The first kappa shape index (κ1) is 13.6. The van der Waals surface area contributed by atoms with Crippen molar-refractivity contribution in [2.45, 2.75) is 25.7 Å². The fraction of sp³-hybridized carbons (Fsp3) is 1.00. The smallest absolute Gasteiger partial charge is 0.0875 e. The van der Waals surface area contributed by atoms with Gasteiger partial charge in [-0.2, -0.15) is 11.8 Å². The molecule has 0 spiro atoms. The highest BCUT2D eigenvalue weighted by Gasteiger charge is 2.23. The molecule has 2 aliphatic rings. The molecule has 0 aliphatic carbocycles. The van der Waals surface area contributed by atoms with Crippen molar-refractivity contribution in [3.63, 3.8) is 0 Å². The van der Waals surface area contributed by atoms with E-state index in [1.807, 2.05) is 0 Å². The lowest BCUT2D eigenvalue weighted by Crippen LogP contribution is -2.42. The third-order valence-corrected chi connectivity index (χ3v) is 4.99. The molecule has 2 aliphatic heterocycles. The van der Waals surface area contributed by atoms with Crippen LogP contribution in [0.1, 0.15) is 25.7 Å². The molecule has 0 radical (unpaired) electrons. The van der Waals surface area contributed by atoms with Gasteiger partial charge in [0.15, 0.2) is 0 Å². The first-order chi connectivity index (χ1) is 8.12. The zero-order chi connectivity index (χ0) is 12.2. The normalized spacial score (nSPS) is 26.5. The Kier molecular flexibility index (Phi) is 4.72. The molecular weight excluding hydrogens is 236 g/mol. The zero-order valence-corrected chi connectivity index (χ0v) is 11.4. The highest BCUT2D eigenvalue weighted by Crippen LogP contribution is 2.20. The van der Waals surface area contributed by atoms with Crippen LogP contribution in [-0.4, -0.2) is 60.1 Å². The van der Waals surface area contributed by atoms with E-state index in [0.717, 1.165) is 76.5 Å². The number of hydrogen-bond acceptors (Lipinski definition) is 3. The summed E-state index contributed by atoms with van der Waals surface area (Å²) in [5.74, 6) is 1.84. The molecule has 2 heterocycles. The fourth-order valence-electron chi connectivity index (χ4n) is 2.83. The quantitative estimate of drug-likeness (QED) is 0.416. The minimum absolute atomic E-state index is 0.0182. The SMILES string of the molecule is [O-][N+]1(CCSCC[N+]2([O-])CCCC2)CCCC1. The van der Waals surface area contributed by atoms with Crippen molar-refractivity contribution in [2.24, 2.45) is 0 Å². The van der Waals surface area contributed by atoms with E-state index in [1.165, 1.54) is 0 Å². The van der Waals surface area contributed by atoms with Crippen molar-refractivity contribution >= 4 is 11.8 Å². The molecule has 2 saturated heterocycles. The maximum atomic E-state index is 12.0. The Balaban J connectivity index is 1.54. The molecular formula is C12H24N2O2S. The number of thioether (sulfide) groups is 1. The van der Waals surface area contributed by atoms with Crippen molar-refractivity contribution in [3.8, 4) is 0 Å². The predicted octanol–water partition coefficient (Wildman–Crippen LogP) is 1.94. The molecule has 0 bridgehead atoms. The van der Waals surface area contributed by atoms with Crippen molar-refractivity contribution in [1.29, 1.82) is 0 Å². The molecule has 0 aromatic heterocycles. The number of hydrogen-bond donors (Lipinski definition) is 0. The van der Waals surface area contributed by atoms with Crippen molar-refractivity contribution < 1.29 is 9.29 Å². The van der Waals surface area contributed by atoms with E-state index in [0.29, 0.717) is 0 Å². The van der Waals surface area contributed by atoms with Crippen LogP contribution >= 0.6 is 11.8 Å². The Morgan fingerprint density at radius 2 is 1.06 bits per heavy atom. The van der Waals surface area contributed by atoms with Crippen LogP contribution in [-0.2, 0) is 0 Å². The monoisotopic (exact) mass is 260 g/mol. The van der Waals surface area contributed by atoms with Crippen LogP contribution in [0.5, 0.6) is 0 Å². The van der Waals surface area contributed by atoms with Gasteiger partial charge in [0.25, 0.3) is 0 Å². The Morgan fingerprint density at radius 1 is 0.706 bits per heavy atom. The van der Waals surface area contributed by atoms with Gasteiger partial charge in [-0.3, -0.25) is 0 Å². The molecule has 0 N–H and O–H groups in total. The predicted molar refractivity (Wildman–Crippen MR) is 72.2 cm³/mol. The van der Waals surface area contributed by atoms with Crippen LogP contribution in [0.2, 0.25) is 0 Å². The van der Waals surface area contributed by atoms with Crippen LogP contribution in [0.4, 0.5) is 0 Å². The number of nitrogens with zero attached hydrogens (tertiary/aromatic N) is 2. The van der Waals surface area contributed by atoms with E-state index >= 15 is 0 Å². The molecule has 0 aromatic rings. The van der Waals surface area contributed by atoms with Crippen LogP contribution < -0.4 is 0 Å². The summed E-state index contributed by atoms with van der Waals surface area (Å²) in [6.07, 6.45) is 4.37. The van der Waals surface area contributed by atoms with E-state index in [9.17, 15) is 10.4 Å². The minimum atomic E-state index is 0.0182. The van der Waals surface area contributed by atoms with Gasteiger partial charge < -0.3 is 19.7 Å². The van der Waals surface area contributed by atoms with E-state index in [2.05, 4.69) is 0 Å². The van der Waals surface area contributed by atoms with Gasteiger partial charge in [-0.15, -0.1) is 0 Å². The molecule has 0 atom stereocenters. The summed E-state index contributed by atoms with van der Waals surface area (Å²) in [6.45, 7) is 4.71. The zero-order valence-electron chi connectivity index (χ0n) is 10.6. The minimum Gasteiger partial charge on any atom is -0.633 e. The lowest BCUT2D eigenvalue weighted by atomic mass is 10.4. The van der Waals surface area contributed by atoms with E-state index < -0.39 is 0 Å². The molecule has 2 fully saturated rings. The summed E-state index contributed by atoms with van der Waals surface area (Å²) in [4.78, 5) is 0. The molecule has 0 aromatic carbocycles. The summed E-state index contributed by atoms with van der Waals surface area (Å²) in [5, 5.41) is 24.1. The first-order valence-electron chi connectivity index (χ1n) is 6.84.